The third-order valence-corrected chi connectivity index (χ3v) is 5.43. The number of nitrogens with two attached hydrogens (primary N) is 2. The summed E-state index contributed by atoms with van der Waals surface area (Å²) in [6.07, 6.45) is 4.88. The van der Waals surface area contributed by atoms with Crippen molar-refractivity contribution in [2.24, 2.45) is 17.5 Å². The van der Waals surface area contributed by atoms with Crippen LogP contribution < -0.4 is 16.9 Å². The van der Waals surface area contributed by atoms with Crippen LogP contribution in [-0.4, -0.2) is 47.5 Å². The number of nitrogens with zero attached hydrogens (tertiary/aromatic N) is 3. The molecular formula is C22H30F2N6. The Bertz CT molecular complexity index is 927. The summed E-state index contributed by atoms with van der Waals surface area (Å²) < 4.78 is 26.4. The highest BCUT2D eigenvalue weighted by Crippen LogP contribution is 2.28. The van der Waals surface area contributed by atoms with Crippen LogP contribution >= 0.6 is 0 Å². The molecule has 3 rings (SSSR count). The number of aromatic nitrogens is 1. The summed E-state index contributed by atoms with van der Waals surface area (Å²) in [6.45, 7) is 6.23. The maximum atomic E-state index is 13.2. The minimum Gasteiger partial charge on any atom is -0.403 e. The molecule has 5 N–H and O–H groups in total. The number of pyridine rings is 1. The van der Waals surface area contributed by atoms with Gasteiger partial charge in [0.15, 0.2) is 0 Å². The van der Waals surface area contributed by atoms with Crippen molar-refractivity contribution in [1.82, 2.24) is 14.9 Å². The number of nitrogens with one attached hydrogen (secondary N) is 1. The third-order valence-electron chi connectivity index (χ3n) is 5.43. The van der Waals surface area contributed by atoms with Gasteiger partial charge in [-0.05, 0) is 43.5 Å². The van der Waals surface area contributed by atoms with E-state index < -0.39 is 5.92 Å². The van der Waals surface area contributed by atoms with E-state index in [0.29, 0.717) is 18.9 Å². The van der Waals surface area contributed by atoms with Crippen molar-refractivity contribution >= 4 is 22.3 Å². The highest BCUT2D eigenvalue weighted by atomic mass is 19.3. The zero-order chi connectivity index (χ0) is 21.9. The first-order valence-corrected chi connectivity index (χ1v) is 10.0. The number of benzene rings is 1. The van der Waals surface area contributed by atoms with Gasteiger partial charge in [-0.2, -0.15) is 0 Å². The molecule has 1 aromatic carbocycles. The van der Waals surface area contributed by atoms with Gasteiger partial charge in [-0.15, -0.1) is 0 Å². The molecule has 0 unspecified atom stereocenters. The molecular weight excluding hydrogens is 386 g/mol. The van der Waals surface area contributed by atoms with Gasteiger partial charge in [0.2, 0.25) is 0 Å². The van der Waals surface area contributed by atoms with Gasteiger partial charge >= 0.3 is 0 Å². The quantitative estimate of drug-likeness (QED) is 0.473. The molecule has 2 heterocycles. The second-order valence-electron chi connectivity index (χ2n) is 8.07. The second-order valence-corrected chi connectivity index (χ2v) is 8.07. The van der Waals surface area contributed by atoms with Gasteiger partial charge in [-0.25, -0.2) is 19.6 Å². The second kappa shape index (κ2) is 8.97. The number of anilines is 1. The Morgan fingerprint density at radius 3 is 2.63 bits per heavy atom. The molecule has 0 atom stereocenters. The van der Waals surface area contributed by atoms with Crippen LogP contribution in [-0.2, 0) is 0 Å². The number of rotatable bonds is 7. The lowest BCUT2D eigenvalue weighted by Crippen LogP contribution is -2.41. The summed E-state index contributed by atoms with van der Waals surface area (Å²) in [4.78, 5) is 6.30. The highest BCUT2D eigenvalue weighted by Gasteiger charge is 2.29. The Morgan fingerprint density at radius 2 is 2.03 bits per heavy atom. The van der Waals surface area contributed by atoms with Crippen molar-refractivity contribution in [2.45, 2.75) is 25.7 Å². The van der Waals surface area contributed by atoms with Gasteiger partial charge in [0.1, 0.15) is 5.82 Å². The Kier molecular flexibility index (Phi) is 6.58. The first-order valence-electron chi connectivity index (χ1n) is 10.0. The van der Waals surface area contributed by atoms with E-state index in [4.69, 9.17) is 11.6 Å². The van der Waals surface area contributed by atoms with Crippen LogP contribution in [0.25, 0.3) is 16.5 Å². The van der Waals surface area contributed by atoms with Gasteiger partial charge in [0.05, 0.1) is 12.2 Å². The molecule has 0 amide bonds. The predicted octanol–water partition coefficient (Wildman–Crippen LogP) is 3.59. The number of alkyl halides is 2. The molecule has 6 nitrogen and oxygen atoms in total. The van der Waals surface area contributed by atoms with Gasteiger partial charge in [-0.1, -0.05) is 18.7 Å². The van der Waals surface area contributed by atoms with Crippen LogP contribution in [0, 0.1) is 5.92 Å². The molecule has 2 aromatic rings. The molecule has 1 aliphatic rings. The predicted molar refractivity (Wildman–Crippen MR) is 118 cm³/mol. The number of allylic oxidation sites excluding steroid dienone is 1. The van der Waals surface area contributed by atoms with Crippen molar-refractivity contribution in [3.05, 3.63) is 54.5 Å². The van der Waals surface area contributed by atoms with Crippen LogP contribution in [0.1, 0.15) is 25.3 Å². The first kappa shape index (κ1) is 22.0. The number of halogens is 2. The van der Waals surface area contributed by atoms with E-state index >= 15 is 0 Å². The number of hydrogen-bond acceptors (Lipinski definition) is 6. The number of hydrazine groups is 1. The van der Waals surface area contributed by atoms with Gasteiger partial charge in [-0.3, -0.25) is 4.90 Å². The van der Waals surface area contributed by atoms with E-state index in [1.54, 1.807) is 13.2 Å². The maximum Gasteiger partial charge on any atom is 0.257 e. The molecule has 162 valence electrons. The summed E-state index contributed by atoms with van der Waals surface area (Å²) >= 11 is 0. The van der Waals surface area contributed by atoms with E-state index in [0.717, 1.165) is 47.5 Å². The normalized spacial score (nSPS) is 16.6. The van der Waals surface area contributed by atoms with Gasteiger partial charge in [0.25, 0.3) is 5.92 Å². The van der Waals surface area contributed by atoms with Crippen molar-refractivity contribution in [3.8, 4) is 0 Å². The summed E-state index contributed by atoms with van der Waals surface area (Å²) in [6, 6.07) is 7.89. The summed E-state index contributed by atoms with van der Waals surface area (Å²) in [5, 5.41) is 6.78. The Hall–Kier alpha value is -2.71. The van der Waals surface area contributed by atoms with Crippen molar-refractivity contribution < 1.29 is 8.78 Å². The fourth-order valence-electron chi connectivity index (χ4n) is 3.88. The Balaban J connectivity index is 1.68. The molecule has 8 heteroatoms. The van der Waals surface area contributed by atoms with Crippen LogP contribution in [0.2, 0.25) is 0 Å². The fraction of sp³-hybridized carbons (Fsp3) is 0.409. The largest absolute Gasteiger partial charge is 0.403 e. The lowest BCUT2D eigenvalue weighted by molar-refractivity contribution is -0.0210. The highest BCUT2D eigenvalue weighted by molar-refractivity contribution is 5.87. The topological polar surface area (TPSA) is 83.4 Å². The molecule has 0 aliphatic carbocycles. The molecule has 1 aromatic heterocycles. The maximum absolute atomic E-state index is 13.2. The molecule has 0 radical (unpaired) electrons. The molecule has 1 aliphatic heterocycles. The number of fused-ring (bicyclic) bond motifs is 1. The lowest BCUT2D eigenvalue weighted by atomic mass is 9.93. The Labute approximate surface area is 176 Å². The molecule has 0 bridgehead atoms. The van der Waals surface area contributed by atoms with Crippen molar-refractivity contribution in [3.63, 3.8) is 0 Å². The monoisotopic (exact) mass is 416 g/mol. The van der Waals surface area contributed by atoms with Crippen molar-refractivity contribution in [1.29, 1.82) is 0 Å². The molecule has 1 saturated heterocycles. The zero-order valence-electron chi connectivity index (χ0n) is 17.5. The number of hydrogen-bond donors (Lipinski definition) is 3. The third kappa shape index (κ3) is 5.46. The molecule has 0 spiro atoms. The van der Waals surface area contributed by atoms with Crippen LogP contribution in [0.5, 0.6) is 0 Å². The number of likely N-dealkylation sites (tertiary alicyclic amines) is 1. The average molecular weight is 417 g/mol. The first-order chi connectivity index (χ1) is 14.2. The summed E-state index contributed by atoms with van der Waals surface area (Å²) in [5.74, 6) is 4.12. The average Bonchev–Trinajstić information content (AvgIpc) is 2.67. The summed E-state index contributed by atoms with van der Waals surface area (Å²) in [7, 11) is 1.74. The van der Waals surface area contributed by atoms with E-state index in [-0.39, 0.29) is 12.5 Å². The van der Waals surface area contributed by atoms with Gasteiger partial charge in [0, 0.05) is 48.9 Å². The molecule has 0 saturated carbocycles. The fourth-order valence-corrected chi connectivity index (χ4v) is 3.88. The van der Waals surface area contributed by atoms with Crippen molar-refractivity contribution in [2.75, 3.05) is 32.0 Å². The molecule has 1 fully saturated rings. The van der Waals surface area contributed by atoms with Crippen LogP contribution in [0.4, 0.5) is 14.6 Å². The lowest BCUT2D eigenvalue weighted by Gasteiger charge is -2.34. The number of piperidine rings is 1. The van der Waals surface area contributed by atoms with E-state index in [9.17, 15) is 8.78 Å². The molecule has 30 heavy (non-hydrogen) atoms. The minimum absolute atomic E-state index is 0.189. The smallest absolute Gasteiger partial charge is 0.257 e. The van der Waals surface area contributed by atoms with E-state index in [2.05, 4.69) is 16.9 Å². The van der Waals surface area contributed by atoms with Crippen LogP contribution in [0.3, 0.4) is 0 Å². The van der Waals surface area contributed by atoms with Gasteiger partial charge < -0.3 is 16.1 Å². The van der Waals surface area contributed by atoms with E-state index in [1.165, 1.54) is 11.2 Å². The standard InChI is InChI=1S/C22H30F2N6/c1-15(16-6-8-30(9-7-16)14-22(2,23)24)28-21-11-19-10-17(20(12-25)29(3)26)4-5-18(19)13-27-21/h4-5,10-13,16H,1,6-9,14,25-26H2,2-3H3,(H,27,28)/b20-12-. The Morgan fingerprint density at radius 1 is 1.33 bits per heavy atom. The SMILES string of the molecule is C=C(Nc1cc2cc(/C(=C/N)N(C)N)ccc2cn1)C1CCN(CC(C)(F)F)CC1. The minimum atomic E-state index is -2.66. The summed E-state index contributed by atoms with van der Waals surface area (Å²) in [5.41, 5.74) is 8.20. The van der Waals surface area contributed by atoms with E-state index in [1.807, 2.05) is 29.2 Å². The van der Waals surface area contributed by atoms with Crippen LogP contribution in [0.15, 0.2) is 48.9 Å². The zero-order valence-corrected chi connectivity index (χ0v) is 17.5.